The van der Waals surface area contributed by atoms with Crippen LogP contribution in [0.25, 0.3) is 0 Å². The molecule has 5 nitrogen and oxygen atoms in total. The summed E-state index contributed by atoms with van der Waals surface area (Å²) in [5.41, 5.74) is 0.585. The first-order valence-corrected chi connectivity index (χ1v) is 5.99. The number of carboxylic acid groups (broad SMARTS) is 2. The minimum Gasteiger partial charge on any atom is -0.478 e. The van der Waals surface area contributed by atoms with Gasteiger partial charge >= 0.3 is 11.9 Å². The van der Waals surface area contributed by atoms with Crippen molar-refractivity contribution in [2.24, 2.45) is 0 Å². The van der Waals surface area contributed by atoms with Crippen LogP contribution >= 0.6 is 11.6 Å². The molecule has 22 heavy (non-hydrogen) atoms. The van der Waals surface area contributed by atoms with Gasteiger partial charge in [-0.25, -0.2) is 9.59 Å². The Morgan fingerprint density at radius 1 is 0.864 bits per heavy atom. The number of hydrogen-bond acceptors (Lipinski definition) is 3. The maximum Gasteiger partial charge on any atom is 0.337 e. The van der Waals surface area contributed by atoms with Gasteiger partial charge in [-0.2, -0.15) is 0 Å². The first kappa shape index (κ1) is 21.5. The average molecular weight is 338 g/mol. The van der Waals surface area contributed by atoms with Crippen molar-refractivity contribution in [1.82, 2.24) is 0 Å². The number of carbonyl (C=O) groups is 2. The van der Waals surface area contributed by atoms with Crippen molar-refractivity contribution in [2.75, 3.05) is 5.32 Å². The number of para-hydroxylation sites is 1. The van der Waals surface area contributed by atoms with Crippen molar-refractivity contribution in [1.29, 1.82) is 0 Å². The molecule has 0 amide bonds. The standard InChI is InChI=1S/C14H10ClNO4.2Na/c15-8-5-6-10(14(19)20)12(7-8)16-11-4-2-1-3-9(11)13(17)18;;/h1-7,16H,(H,17,18)(H,19,20);;. The number of nitrogens with one attached hydrogen (secondary N) is 1. The zero-order chi connectivity index (χ0) is 14.7. The predicted molar refractivity (Wildman–Crippen MR) is 86.6 cm³/mol. The maximum absolute atomic E-state index is 11.1. The van der Waals surface area contributed by atoms with Crippen LogP contribution in [-0.2, 0) is 0 Å². The third-order valence-electron chi connectivity index (χ3n) is 2.64. The van der Waals surface area contributed by atoms with Crippen molar-refractivity contribution in [2.45, 2.75) is 0 Å². The Labute approximate surface area is 176 Å². The van der Waals surface area contributed by atoms with Crippen LogP contribution in [0.15, 0.2) is 42.5 Å². The Morgan fingerprint density at radius 2 is 1.41 bits per heavy atom. The molecule has 0 bridgehead atoms. The molecule has 0 aliphatic heterocycles. The second kappa shape index (κ2) is 9.57. The molecule has 0 saturated carbocycles. The molecule has 0 unspecified atom stereocenters. The second-order valence-corrected chi connectivity index (χ2v) is 4.41. The van der Waals surface area contributed by atoms with Crippen LogP contribution in [0.4, 0.5) is 11.4 Å². The molecule has 0 aliphatic rings. The number of hydrogen-bond donors (Lipinski definition) is 3. The molecule has 2 aromatic rings. The Morgan fingerprint density at radius 3 is 2.00 bits per heavy atom. The SMILES string of the molecule is O=C(O)c1ccccc1Nc1cc(Cl)ccc1C(=O)O.[Na].[Na]. The van der Waals surface area contributed by atoms with Crippen LogP contribution in [-0.4, -0.2) is 81.3 Å². The summed E-state index contributed by atoms with van der Waals surface area (Å²) in [5.74, 6) is -2.23. The molecule has 0 aliphatic carbocycles. The van der Waals surface area contributed by atoms with Gasteiger partial charge in [-0.05, 0) is 30.3 Å². The van der Waals surface area contributed by atoms with Gasteiger partial charge in [0.25, 0.3) is 0 Å². The molecule has 0 saturated heterocycles. The van der Waals surface area contributed by atoms with Gasteiger partial charge in [0.1, 0.15) is 0 Å². The number of carboxylic acids is 2. The summed E-state index contributed by atoms with van der Waals surface area (Å²) in [6.07, 6.45) is 0. The number of benzene rings is 2. The van der Waals surface area contributed by atoms with Gasteiger partial charge in [0, 0.05) is 64.1 Å². The summed E-state index contributed by atoms with van der Waals surface area (Å²) in [5, 5.41) is 21.4. The van der Waals surface area contributed by atoms with Gasteiger partial charge in [-0.1, -0.05) is 23.7 Å². The van der Waals surface area contributed by atoms with Crippen molar-refractivity contribution >= 4 is 94.0 Å². The van der Waals surface area contributed by atoms with E-state index in [1.54, 1.807) is 18.2 Å². The fourth-order valence-electron chi connectivity index (χ4n) is 1.73. The third-order valence-corrected chi connectivity index (χ3v) is 2.87. The maximum atomic E-state index is 11.1. The summed E-state index contributed by atoms with van der Waals surface area (Å²) in [6.45, 7) is 0. The largest absolute Gasteiger partial charge is 0.478 e. The van der Waals surface area contributed by atoms with E-state index in [1.807, 2.05) is 0 Å². The van der Waals surface area contributed by atoms with E-state index in [1.165, 1.54) is 24.3 Å². The molecule has 2 radical (unpaired) electrons. The van der Waals surface area contributed by atoms with E-state index in [2.05, 4.69) is 5.32 Å². The Hall–Kier alpha value is -0.530. The Balaban J connectivity index is 0.00000220. The van der Waals surface area contributed by atoms with Gasteiger partial charge in [0.2, 0.25) is 0 Å². The van der Waals surface area contributed by atoms with Crippen LogP contribution in [0.5, 0.6) is 0 Å². The van der Waals surface area contributed by atoms with E-state index < -0.39 is 11.9 Å². The van der Waals surface area contributed by atoms with E-state index >= 15 is 0 Å². The monoisotopic (exact) mass is 337 g/mol. The molecular formula is C14H10ClNNa2O4. The average Bonchev–Trinajstić information content (AvgIpc) is 2.38. The van der Waals surface area contributed by atoms with E-state index in [0.717, 1.165) is 0 Å². The zero-order valence-electron chi connectivity index (χ0n) is 12.1. The van der Waals surface area contributed by atoms with Crippen molar-refractivity contribution in [3.63, 3.8) is 0 Å². The van der Waals surface area contributed by atoms with Gasteiger partial charge in [-0.3, -0.25) is 0 Å². The predicted octanol–water partition coefficient (Wildman–Crippen LogP) is 2.72. The molecule has 0 fully saturated rings. The van der Waals surface area contributed by atoms with E-state index in [9.17, 15) is 9.59 Å². The molecule has 0 spiro atoms. The topological polar surface area (TPSA) is 86.6 Å². The number of rotatable bonds is 4. The second-order valence-electron chi connectivity index (χ2n) is 3.97. The van der Waals surface area contributed by atoms with Crippen molar-refractivity contribution in [3.8, 4) is 0 Å². The van der Waals surface area contributed by atoms with Crippen molar-refractivity contribution in [3.05, 3.63) is 58.6 Å². The molecule has 2 aromatic carbocycles. The van der Waals surface area contributed by atoms with Crippen LogP contribution in [0.3, 0.4) is 0 Å². The first-order chi connectivity index (χ1) is 9.49. The Bertz CT molecular complexity index is 694. The van der Waals surface area contributed by atoms with Crippen LogP contribution in [0.1, 0.15) is 20.7 Å². The molecule has 0 heterocycles. The summed E-state index contributed by atoms with van der Waals surface area (Å²) in [4.78, 5) is 22.3. The van der Waals surface area contributed by atoms with E-state index in [4.69, 9.17) is 21.8 Å². The van der Waals surface area contributed by atoms with E-state index in [0.29, 0.717) is 10.7 Å². The van der Waals surface area contributed by atoms with Crippen LogP contribution in [0.2, 0.25) is 5.02 Å². The van der Waals surface area contributed by atoms with Gasteiger partial charge in [0.05, 0.1) is 22.5 Å². The van der Waals surface area contributed by atoms with Gasteiger partial charge in [0.15, 0.2) is 0 Å². The molecule has 2 rings (SSSR count). The molecule has 8 heteroatoms. The van der Waals surface area contributed by atoms with Gasteiger partial charge in [-0.15, -0.1) is 0 Å². The third kappa shape index (κ3) is 5.28. The van der Waals surface area contributed by atoms with Crippen molar-refractivity contribution < 1.29 is 19.8 Å². The molecule has 0 aromatic heterocycles. The van der Waals surface area contributed by atoms with Gasteiger partial charge < -0.3 is 15.5 Å². The molecule has 3 N–H and O–H groups in total. The summed E-state index contributed by atoms with van der Waals surface area (Å²) >= 11 is 5.84. The summed E-state index contributed by atoms with van der Waals surface area (Å²) < 4.78 is 0. The van der Waals surface area contributed by atoms with Crippen LogP contribution < -0.4 is 5.32 Å². The fraction of sp³-hybridized carbons (Fsp3) is 0. The molecular weight excluding hydrogens is 328 g/mol. The number of aromatic carboxylic acids is 2. The molecule has 0 atom stereocenters. The smallest absolute Gasteiger partial charge is 0.337 e. The quantitative estimate of drug-likeness (QED) is 0.747. The first-order valence-electron chi connectivity index (χ1n) is 5.61. The van der Waals surface area contributed by atoms with Crippen LogP contribution in [0, 0.1) is 0 Å². The van der Waals surface area contributed by atoms with E-state index in [-0.39, 0.29) is 75.9 Å². The normalized spacial score (nSPS) is 9.14. The molecule has 104 valence electrons. The fourth-order valence-corrected chi connectivity index (χ4v) is 1.90. The Kier molecular flexibility index (Phi) is 9.34. The minimum absolute atomic E-state index is 0. The minimum atomic E-state index is -1.13. The number of halogens is 1. The number of anilines is 2. The zero-order valence-corrected chi connectivity index (χ0v) is 16.9. The summed E-state index contributed by atoms with van der Waals surface area (Å²) in [6, 6.07) is 10.5. The summed E-state index contributed by atoms with van der Waals surface area (Å²) in [7, 11) is 0.